The molecule has 12 rings (SSSR count). The third-order valence-corrected chi connectivity index (χ3v) is 16.5. The van der Waals surface area contributed by atoms with Crippen molar-refractivity contribution in [2.45, 2.75) is 119 Å². The Balaban J connectivity index is 1.23. The van der Waals surface area contributed by atoms with Gasteiger partial charge in [-0.25, -0.2) is 0 Å². The predicted octanol–water partition coefficient (Wildman–Crippen LogP) is 18.6. The molecule has 1 aromatic heterocycles. The first-order chi connectivity index (χ1) is 36.6. The summed E-state index contributed by atoms with van der Waals surface area (Å²) in [5.74, 6) is 0. The standard InChI is InChI=1S/C72H72BN3O/c1-45-23-15-18-30-59(45)75(60-31-19-16-24-46(60)2)51-43-64-66-65(44-51)76(61-32-20-17-25-52(61)53-26-21-27-54-55-28-22-29-56(72(12,13)14)68(55)77-67(53)54)63-40-36-49(71(9,10)11)42-58(63)73(66)57-41-48(70(6,7)8)35-39-62(57)74(64)50-37-33-47(34-38-50)69(3,4)5/h15-44H,1-14H3. The number of aryl methyl sites for hydroxylation is 2. The molecular weight excluding hydrogens is 934 g/mol. The Morgan fingerprint density at radius 2 is 0.870 bits per heavy atom. The lowest BCUT2D eigenvalue weighted by Crippen LogP contribution is -2.61. The molecule has 0 amide bonds. The van der Waals surface area contributed by atoms with E-state index in [1.165, 1.54) is 61.1 Å². The van der Waals surface area contributed by atoms with Crippen LogP contribution in [0.25, 0.3) is 33.1 Å². The zero-order valence-corrected chi connectivity index (χ0v) is 47.6. The first-order valence-corrected chi connectivity index (χ1v) is 27.7. The van der Waals surface area contributed by atoms with Gasteiger partial charge >= 0.3 is 0 Å². The molecule has 5 heteroatoms. The molecule has 0 bridgehead atoms. The number of anilines is 9. The van der Waals surface area contributed by atoms with Gasteiger partial charge < -0.3 is 19.1 Å². The highest BCUT2D eigenvalue weighted by atomic mass is 16.3. The third-order valence-electron chi connectivity index (χ3n) is 16.5. The van der Waals surface area contributed by atoms with Crippen molar-refractivity contribution in [3.05, 3.63) is 215 Å². The van der Waals surface area contributed by atoms with Crippen molar-refractivity contribution in [3.63, 3.8) is 0 Å². The Morgan fingerprint density at radius 3 is 1.43 bits per heavy atom. The van der Waals surface area contributed by atoms with Gasteiger partial charge in [-0.15, -0.1) is 0 Å². The van der Waals surface area contributed by atoms with Crippen molar-refractivity contribution >= 4 is 96.2 Å². The number of hydrogen-bond acceptors (Lipinski definition) is 4. The van der Waals surface area contributed by atoms with Gasteiger partial charge in [0, 0.05) is 67.3 Å². The molecule has 0 saturated heterocycles. The molecule has 10 aromatic rings. The summed E-state index contributed by atoms with van der Waals surface area (Å²) in [4.78, 5) is 7.68. The molecule has 0 fully saturated rings. The van der Waals surface area contributed by atoms with E-state index in [1.807, 2.05) is 0 Å². The molecule has 77 heavy (non-hydrogen) atoms. The minimum atomic E-state index is -0.102. The minimum absolute atomic E-state index is 0.00431. The largest absolute Gasteiger partial charge is 0.455 e. The molecule has 9 aromatic carbocycles. The summed E-state index contributed by atoms with van der Waals surface area (Å²) in [5.41, 5.74) is 25.5. The van der Waals surface area contributed by atoms with Crippen LogP contribution in [0.3, 0.4) is 0 Å². The number of hydrogen-bond donors (Lipinski definition) is 0. The second kappa shape index (κ2) is 17.9. The van der Waals surface area contributed by atoms with E-state index in [9.17, 15) is 0 Å². The lowest BCUT2D eigenvalue weighted by Gasteiger charge is -2.46. The van der Waals surface area contributed by atoms with Crippen LogP contribution in [0.2, 0.25) is 0 Å². The molecule has 3 heterocycles. The molecule has 2 aliphatic heterocycles. The van der Waals surface area contributed by atoms with Crippen LogP contribution in [0.5, 0.6) is 0 Å². The summed E-state index contributed by atoms with van der Waals surface area (Å²) in [6.45, 7) is 32.2. The van der Waals surface area contributed by atoms with Crippen LogP contribution in [0, 0.1) is 13.8 Å². The van der Waals surface area contributed by atoms with Gasteiger partial charge in [-0.1, -0.05) is 210 Å². The van der Waals surface area contributed by atoms with Crippen LogP contribution in [-0.4, -0.2) is 6.71 Å². The molecule has 0 radical (unpaired) electrons. The van der Waals surface area contributed by atoms with Crippen LogP contribution >= 0.6 is 0 Å². The molecule has 0 atom stereocenters. The summed E-state index contributed by atoms with van der Waals surface area (Å²) in [5, 5.41) is 2.27. The molecule has 384 valence electrons. The van der Waals surface area contributed by atoms with Crippen molar-refractivity contribution < 1.29 is 4.42 Å². The Hall–Kier alpha value is -7.76. The highest BCUT2D eigenvalue weighted by Crippen LogP contribution is 2.52. The van der Waals surface area contributed by atoms with Gasteiger partial charge in [-0.2, -0.15) is 0 Å². The fourth-order valence-electron chi connectivity index (χ4n) is 12.3. The number of furan rings is 1. The molecular formula is C72H72BN3O. The highest BCUT2D eigenvalue weighted by Gasteiger charge is 2.45. The first kappa shape index (κ1) is 50.1. The number of para-hydroxylation sites is 5. The monoisotopic (exact) mass is 1010 g/mol. The molecule has 0 spiro atoms. The SMILES string of the molecule is Cc1ccccc1N(c1cc2c3c(c1)N(c1ccccc1-c1cccc4c1oc1c(C(C)(C)C)cccc14)c1ccc(C(C)(C)C)cc1B3c1cc(C(C)(C)C)ccc1N2c1ccc(C(C)(C)C)cc1)c1ccccc1C. The molecule has 0 saturated carbocycles. The zero-order chi connectivity index (χ0) is 54.1. The molecule has 0 unspecified atom stereocenters. The maximum absolute atomic E-state index is 7.20. The average molecular weight is 1010 g/mol. The van der Waals surface area contributed by atoms with Crippen molar-refractivity contribution in [2.24, 2.45) is 0 Å². The topological polar surface area (TPSA) is 22.9 Å². The van der Waals surface area contributed by atoms with Gasteiger partial charge in [0.15, 0.2) is 0 Å². The zero-order valence-electron chi connectivity index (χ0n) is 47.6. The van der Waals surface area contributed by atoms with Gasteiger partial charge in [0.2, 0.25) is 0 Å². The molecule has 2 aliphatic rings. The van der Waals surface area contributed by atoms with E-state index in [-0.39, 0.29) is 28.4 Å². The molecule has 0 aliphatic carbocycles. The van der Waals surface area contributed by atoms with Crippen LogP contribution in [0.1, 0.15) is 116 Å². The lowest BCUT2D eigenvalue weighted by molar-refractivity contribution is 0.573. The Morgan fingerprint density at radius 1 is 0.390 bits per heavy atom. The fraction of sp³-hybridized carbons (Fsp3) is 0.250. The number of nitrogens with zero attached hydrogens (tertiary/aromatic N) is 3. The summed E-state index contributed by atoms with van der Waals surface area (Å²) in [6, 6.07) is 69.1. The van der Waals surface area contributed by atoms with Gasteiger partial charge in [-0.05, 0) is 134 Å². The quantitative estimate of drug-likeness (QED) is 0.155. The molecule has 4 nitrogen and oxygen atoms in total. The number of benzene rings is 9. The summed E-state index contributed by atoms with van der Waals surface area (Å²) in [7, 11) is 0. The van der Waals surface area contributed by atoms with Crippen LogP contribution in [0.4, 0.5) is 51.2 Å². The second-order valence-corrected chi connectivity index (χ2v) is 26.0. The Kier molecular flexibility index (Phi) is 11.7. The smallest absolute Gasteiger partial charge is 0.252 e. The van der Waals surface area contributed by atoms with E-state index in [4.69, 9.17) is 4.42 Å². The van der Waals surface area contributed by atoms with E-state index >= 15 is 0 Å². The van der Waals surface area contributed by atoms with Crippen molar-refractivity contribution in [1.29, 1.82) is 0 Å². The van der Waals surface area contributed by atoms with E-state index in [1.54, 1.807) is 0 Å². The van der Waals surface area contributed by atoms with E-state index in [2.05, 4.69) is 294 Å². The lowest BCUT2D eigenvalue weighted by atomic mass is 9.33. The second-order valence-electron chi connectivity index (χ2n) is 26.0. The average Bonchev–Trinajstić information content (AvgIpc) is 3.94. The maximum Gasteiger partial charge on any atom is 0.252 e. The Labute approximate surface area is 458 Å². The molecule has 0 N–H and O–H groups in total. The van der Waals surface area contributed by atoms with Crippen molar-refractivity contribution in [3.8, 4) is 11.1 Å². The van der Waals surface area contributed by atoms with Gasteiger partial charge in [0.25, 0.3) is 6.71 Å². The highest BCUT2D eigenvalue weighted by molar-refractivity contribution is 7.00. The number of fused-ring (bicyclic) bond motifs is 7. The van der Waals surface area contributed by atoms with Gasteiger partial charge in [0.05, 0.1) is 11.4 Å². The van der Waals surface area contributed by atoms with Crippen LogP contribution in [0.15, 0.2) is 186 Å². The van der Waals surface area contributed by atoms with E-state index in [0.29, 0.717) is 0 Å². The summed E-state index contributed by atoms with van der Waals surface area (Å²) in [6.07, 6.45) is 0. The summed E-state index contributed by atoms with van der Waals surface area (Å²) < 4.78 is 7.20. The summed E-state index contributed by atoms with van der Waals surface area (Å²) >= 11 is 0. The normalized spacial score (nSPS) is 13.5. The van der Waals surface area contributed by atoms with E-state index in [0.717, 1.165) is 72.9 Å². The minimum Gasteiger partial charge on any atom is -0.455 e. The van der Waals surface area contributed by atoms with Crippen LogP contribution in [-0.2, 0) is 21.7 Å². The van der Waals surface area contributed by atoms with Crippen LogP contribution < -0.4 is 31.1 Å². The fourth-order valence-corrected chi connectivity index (χ4v) is 12.3. The predicted molar refractivity (Wildman–Crippen MR) is 332 cm³/mol. The van der Waals surface area contributed by atoms with Crippen molar-refractivity contribution in [1.82, 2.24) is 0 Å². The maximum atomic E-state index is 7.20. The van der Waals surface area contributed by atoms with Crippen molar-refractivity contribution in [2.75, 3.05) is 14.7 Å². The third kappa shape index (κ3) is 8.36. The van der Waals surface area contributed by atoms with Gasteiger partial charge in [0.1, 0.15) is 11.2 Å². The Bertz CT molecular complexity index is 3920. The first-order valence-electron chi connectivity index (χ1n) is 27.7. The van der Waals surface area contributed by atoms with Gasteiger partial charge in [-0.3, -0.25) is 0 Å². The number of rotatable bonds is 6. The van der Waals surface area contributed by atoms with E-state index < -0.39 is 0 Å².